The molecule has 0 aromatic carbocycles. The van der Waals surface area contributed by atoms with Gasteiger partial charge in [-0.3, -0.25) is 5.84 Å². The summed E-state index contributed by atoms with van der Waals surface area (Å²) in [6.45, 7) is 5.99. The third-order valence-electron chi connectivity index (χ3n) is 1.79. The monoisotopic (exact) mass is 180 g/mol. The van der Waals surface area contributed by atoms with Crippen LogP contribution >= 0.6 is 0 Å². The Hall–Kier alpha value is -1.06. The fourth-order valence-electron chi connectivity index (χ4n) is 1.20. The Labute approximate surface area is 78.6 Å². The number of hydrogen-bond acceptors (Lipinski definition) is 3. The summed E-state index contributed by atoms with van der Waals surface area (Å²) in [4.78, 5) is 0. The van der Waals surface area contributed by atoms with E-state index in [-0.39, 0.29) is 6.04 Å². The molecular formula is C10H16N2O. The normalized spacial score (nSPS) is 12.6. The van der Waals surface area contributed by atoms with Gasteiger partial charge in [0, 0.05) is 5.56 Å². The first-order valence-electron chi connectivity index (χ1n) is 4.29. The summed E-state index contributed by atoms with van der Waals surface area (Å²) in [6, 6.07) is 2.02. The van der Waals surface area contributed by atoms with Gasteiger partial charge in [-0.1, -0.05) is 11.6 Å². The number of nitrogens with two attached hydrogens (primary N) is 1. The maximum Gasteiger partial charge on any atom is 0.101 e. The predicted molar refractivity (Wildman–Crippen MR) is 52.9 cm³/mol. The van der Waals surface area contributed by atoms with E-state index in [1.807, 2.05) is 26.8 Å². The largest absolute Gasteiger partial charge is 0.469 e. The maximum absolute atomic E-state index is 5.43. The third-order valence-corrected chi connectivity index (χ3v) is 1.79. The van der Waals surface area contributed by atoms with Gasteiger partial charge in [0.1, 0.15) is 5.76 Å². The number of hydrazine groups is 1. The zero-order valence-corrected chi connectivity index (χ0v) is 8.29. The van der Waals surface area contributed by atoms with Crippen LogP contribution in [0.4, 0.5) is 0 Å². The molecule has 1 rings (SSSR count). The van der Waals surface area contributed by atoms with Crippen LogP contribution in [0.3, 0.4) is 0 Å². The van der Waals surface area contributed by atoms with Crippen molar-refractivity contribution in [2.45, 2.75) is 26.8 Å². The molecule has 0 aliphatic heterocycles. The van der Waals surface area contributed by atoms with E-state index in [0.717, 1.165) is 11.3 Å². The summed E-state index contributed by atoms with van der Waals surface area (Å²) in [6.07, 6.45) is 3.78. The van der Waals surface area contributed by atoms with E-state index in [9.17, 15) is 0 Å². The van der Waals surface area contributed by atoms with Crippen molar-refractivity contribution in [2.24, 2.45) is 5.84 Å². The van der Waals surface area contributed by atoms with Crippen molar-refractivity contribution in [1.29, 1.82) is 0 Å². The molecule has 0 bridgehead atoms. The second-order valence-corrected chi connectivity index (χ2v) is 3.38. The van der Waals surface area contributed by atoms with Crippen molar-refractivity contribution in [3.8, 4) is 0 Å². The Kier molecular flexibility index (Phi) is 3.28. The molecule has 1 aromatic rings. The van der Waals surface area contributed by atoms with Crippen LogP contribution in [0.1, 0.15) is 31.2 Å². The van der Waals surface area contributed by atoms with Crippen LogP contribution in [-0.2, 0) is 0 Å². The second-order valence-electron chi connectivity index (χ2n) is 3.38. The lowest BCUT2D eigenvalue weighted by atomic mass is 10.1. The number of aryl methyl sites for hydroxylation is 1. The number of hydrogen-bond donors (Lipinski definition) is 2. The molecule has 1 atom stereocenters. The summed E-state index contributed by atoms with van der Waals surface area (Å²) < 4.78 is 5.20. The van der Waals surface area contributed by atoms with E-state index in [4.69, 9.17) is 10.3 Å². The van der Waals surface area contributed by atoms with Gasteiger partial charge in [-0.05, 0) is 26.8 Å². The summed E-state index contributed by atoms with van der Waals surface area (Å²) >= 11 is 0. The van der Waals surface area contributed by atoms with Gasteiger partial charge < -0.3 is 4.42 Å². The standard InChI is InChI=1S/C10H16N2O/c1-7(2)4-10(12-11)9-5-8(3)13-6-9/h4-6,10,12H,11H2,1-3H3. The molecular weight excluding hydrogens is 164 g/mol. The van der Waals surface area contributed by atoms with Crippen molar-refractivity contribution in [1.82, 2.24) is 5.43 Å². The van der Waals surface area contributed by atoms with Crippen LogP contribution in [0, 0.1) is 6.92 Å². The first-order chi connectivity index (χ1) is 6.13. The second kappa shape index (κ2) is 4.25. The lowest BCUT2D eigenvalue weighted by Gasteiger charge is -2.08. The van der Waals surface area contributed by atoms with E-state index in [1.54, 1.807) is 6.26 Å². The molecule has 1 aromatic heterocycles. The van der Waals surface area contributed by atoms with Crippen molar-refractivity contribution >= 4 is 0 Å². The number of furan rings is 1. The molecule has 0 aliphatic carbocycles. The van der Waals surface area contributed by atoms with Gasteiger partial charge in [-0.25, -0.2) is 5.43 Å². The van der Waals surface area contributed by atoms with Crippen LogP contribution in [0.25, 0.3) is 0 Å². The highest BCUT2D eigenvalue weighted by Crippen LogP contribution is 2.17. The van der Waals surface area contributed by atoms with Crippen molar-refractivity contribution in [2.75, 3.05) is 0 Å². The van der Waals surface area contributed by atoms with E-state index in [1.165, 1.54) is 5.57 Å². The molecule has 0 saturated heterocycles. The van der Waals surface area contributed by atoms with Crippen LogP contribution in [-0.4, -0.2) is 0 Å². The van der Waals surface area contributed by atoms with Crippen LogP contribution in [0.15, 0.2) is 28.4 Å². The maximum atomic E-state index is 5.43. The highest BCUT2D eigenvalue weighted by Gasteiger charge is 2.08. The summed E-state index contributed by atoms with van der Waals surface area (Å²) in [7, 11) is 0. The molecule has 0 radical (unpaired) electrons. The quantitative estimate of drug-likeness (QED) is 0.425. The van der Waals surface area contributed by atoms with Crippen molar-refractivity contribution < 1.29 is 4.42 Å². The first-order valence-corrected chi connectivity index (χ1v) is 4.29. The van der Waals surface area contributed by atoms with Crippen molar-refractivity contribution in [3.05, 3.63) is 35.3 Å². The molecule has 0 saturated carbocycles. The molecule has 0 aliphatic rings. The highest BCUT2D eigenvalue weighted by molar-refractivity contribution is 5.22. The van der Waals surface area contributed by atoms with Gasteiger partial charge in [0.2, 0.25) is 0 Å². The average molecular weight is 180 g/mol. The number of allylic oxidation sites excluding steroid dienone is 1. The zero-order chi connectivity index (χ0) is 9.84. The Balaban J connectivity index is 2.84. The molecule has 0 amide bonds. The molecule has 1 heterocycles. The van der Waals surface area contributed by atoms with Crippen molar-refractivity contribution in [3.63, 3.8) is 0 Å². The van der Waals surface area contributed by atoms with Gasteiger partial charge in [-0.15, -0.1) is 0 Å². The Morgan fingerprint density at radius 1 is 1.62 bits per heavy atom. The SMILES string of the molecule is CC(C)=CC(NN)c1coc(C)c1. The Morgan fingerprint density at radius 3 is 2.69 bits per heavy atom. The van der Waals surface area contributed by atoms with E-state index in [2.05, 4.69) is 11.5 Å². The molecule has 72 valence electrons. The van der Waals surface area contributed by atoms with Crippen LogP contribution in [0.5, 0.6) is 0 Å². The number of rotatable bonds is 3. The summed E-state index contributed by atoms with van der Waals surface area (Å²) in [5, 5.41) is 0. The van der Waals surface area contributed by atoms with Gasteiger partial charge in [-0.2, -0.15) is 0 Å². The fraction of sp³-hybridized carbons (Fsp3) is 0.400. The average Bonchev–Trinajstić information content (AvgIpc) is 2.47. The highest BCUT2D eigenvalue weighted by atomic mass is 16.3. The lowest BCUT2D eigenvalue weighted by molar-refractivity contribution is 0.527. The zero-order valence-electron chi connectivity index (χ0n) is 8.29. The topological polar surface area (TPSA) is 51.2 Å². The molecule has 3 heteroatoms. The minimum absolute atomic E-state index is 0.0439. The minimum atomic E-state index is 0.0439. The van der Waals surface area contributed by atoms with E-state index in [0.29, 0.717) is 0 Å². The third kappa shape index (κ3) is 2.72. The number of nitrogens with one attached hydrogen (secondary N) is 1. The van der Waals surface area contributed by atoms with Gasteiger partial charge in [0.25, 0.3) is 0 Å². The molecule has 0 fully saturated rings. The Bertz CT molecular complexity index is 298. The fourth-order valence-corrected chi connectivity index (χ4v) is 1.20. The smallest absolute Gasteiger partial charge is 0.101 e. The minimum Gasteiger partial charge on any atom is -0.469 e. The molecule has 0 spiro atoms. The first kappa shape index (κ1) is 10.0. The van der Waals surface area contributed by atoms with Gasteiger partial charge in [0.15, 0.2) is 0 Å². The lowest BCUT2D eigenvalue weighted by Crippen LogP contribution is -2.26. The Morgan fingerprint density at radius 2 is 2.31 bits per heavy atom. The molecule has 13 heavy (non-hydrogen) atoms. The molecule has 3 N–H and O–H groups in total. The van der Waals surface area contributed by atoms with Crippen LogP contribution < -0.4 is 11.3 Å². The van der Waals surface area contributed by atoms with Gasteiger partial charge >= 0.3 is 0 Å². The summed E-state index contributed by atoms with van der Waals surface area (Å²) in [5.74, 6) is 6.33. The van der Waals surface area contributed by atoms with E-state index < -0.39 is 0 Å². The predicted octanol–water partition coefficient (Wildman–Crippen LogP) is 2.06. The van der Waals surface area contributed by atoms with Crippen LogP contribution in [0.2, 0.25) is 0 Å². The molecule has 3 nitrogen and oxygen atoms in total. The van der Waals surface area contributed by atoms with E-state index >= 15 is 0 Å². The summed E-state index contributed by atoms with van der Waals surface area (Å²) in [5.41, 5.74) is 5.01. The van der Waals surface area contributed by atoms with Gasteiger partial charge in [0.05, 0.1) is 12.3 Å². The molecule has 1 unspecified atom stereocenters.